The molecule has 5 heteroatoms. The molecule has 0 aliphatic carbocycles. The Balaban J connectivity index is 2.54. The lowest BCUT2D eigenvalue weighted by molar-refractivity contribution is 0.266. The summed E-state index contributed by atoms with van der Waals surface area (Å²) in [5.41, 5.74) is -0.153. The normalized spacial score (nSPS) is 12.5. The number of rotatable bonds is 5. The maximum absolute atomic E-state index is 11.1. The molecule has 0 saturated heterocycles. The lowest BCUT2D eigenvalue weighted by atomic mass is 10.1. The highest BCUT2D eigenvalue weighted by atomic mass is 16.3. The number of aromatic nitrogens is 2. The summed E-state index contributed by atoms with van der Waals surface area (Å²) in [4.78, 5) is 17.8. The van der Waals surface area contributed by atoms with Crippen molar-refractivity contribution in [3.8, 4) is 0 Å². The van der Waals surface area contributed by atoms with Crippen LogP contribution >= 0.6 is 0 Å². The summed E-state index contributed by atoms with van der Waals surface area (Å²) in [7, 11) is 0. The summed E-state index contributed by atoms with van der Waals surface area (Å²) in [6.07, 6.45) is 0.745. The standard InChI is InChI=1S/C10H17N3O2/c1-7(3-4-14)6-11-9-5-10(15)13-8(2)12-9/h5,7,14H,3-4,6H2,1-2H3,(H2,11,12,13,15). The van der Waals surface area contributed by atoms with Gasteiger partial charge in [0.1, 0.15) is 11.6 Å². The van der Waals surface area contributed by atoms with E-state index in [1.54, 1.807) is 6.92 Å². The predicted molar refractivity (Wildman–Crippen MR) is 59.0 cm³/mol. The number of nitrogens with one attached hydrogen (secondary N) is 2. The molecule has 0 aliphatic rings. The van der Waals surface area contributed by atoms with Crippen LogP contribution in [0.1, 0.15) is 19.2 Å². The summed E-state index contributed by atoms with van der Waals surface area (Å²) in [6.45, 7) is 4.66. The van der Waals surface area contributed by atoms with Crippen LogP contribution in [-0.2, 0) is 0 Å². The van der Waals surface area contributed by atoms with Gasteiger partial charge in [0, 0.05) is 19.2 Å². The topological polar surface area (TPSA) is 78.0 Å². The average molecular weight is 211 g/mol. The molecule has 1 heterocycles. The highest BCUT2D eigenvalue weighted by Gasteiger charge is 2.02. The second kappa shape index (κ2) is 5.50. The number of aliphatic hydroxyl groups excluding tert-OH is 1. The average Bonchev–Trinajstić information content (AvgIpc) is 2.14. The van der Waals surface area contributed by atoms with E-state index in [4.69, 9.17) is 5.11 Å². The molecule has 1 rings (SSSR count). The van der Waals surface area contributed by atoms with Crippen molar-refractivity contribution >= 4 is 5.82 Å². The van der Waals surface area contributed by atoms with Crippen LogP contribution in [0.3, 0.4) is 0 Å². The Morgan fingerprint density at radius 1 is 1.67 bits per heavy atom. The van der Waals surface area contributed by atoms with Crippen LogP contribution in [0.4, 0.5) is 5.82 Å². The van der Waals surface area contributed by atoms with Gasteiger partial charge in [-0.2, -0.15) is 0 Å². The van der Waals surface area contributed by atoms with Crippen molar-refractivity contribution in [1.82, 2.24) is 9.97 Å². The van der Waals surface area contributed by atoms with Crippen molar-refractivity contribution < 1.29 is 5.11 Å². The van der Waals surface area contributed by atoms with Crippen LogP contribution in [-0.4, -0.2) is 28.2 Å². The van der Waals surface area contributed by atoms with Gasteiger partial charge in [-0.1, -0.05) is 6.92 Å². The van der Waals surface area contributed by atoms with E-state index in [0.29, 0.717) is 24.1 Å². The Kier molecular flexibility index (Phi) is 4.30. The third-order valence-electron chi connectivity index (χ3n) is 2.11. The number of hydrogen-bond donors (Lipinski definition) is 3. The first-order chi connectivity index (χ1) is 7.11. The van der Waals surface area contributed by atoms with Gasteiger partial charge in [-0.15, -0.1) is 0 Å². The number of aryl methyl sites for hydroxylation is 1. The van der Waals surface area contributed by atoms with Gasteiger partial charge in [0.25, 0.3) is 5.56 Å². The van der Waals surface area contributed by atoms with Crippen LogP contribution in [0.15, 0.2) is 10.9 Å². The molecule has 84 valence electrons. The third-order valence-corrected chi connectivity index (χ3v) is 2.11. The smallest absolute Gasteiger partial charge is 0.252 e. The first-order valence-electron chi connectivity index (χ1n) is 5.04. The van der Waals surface area contributed by atoms with Crippen LogP contribution in [0, 0.1) is 12.8 Å². The van der Waals surface area contributed by atoms with E-state index >= 15 is 0 Å². The minimum Gasteiger partial charge on any atom is -0.396 e. The predicted octanol–water partition coefficient (Wildman–Crippen LogP) is 0.509. The van der Waals surface area contributed by atoms with E-state index in [9.17, 15) is 4.79 Å². The third kappa shape index (κ3) is 4.12. The molecule has 0 radical (unpaired) electrons. The highest BCUT2D eigenvalue weighted by molar-refractivity contribution is 5.32. The fourth-order valence-corrected chi connectivity index (χ4v) is 1.27. The summed E-state index contributed by atoms with van der Waals surface area (Å²) in [5, 5.41) is 11.8. The molecule has 1 atom stereocenters. The molecule has 1 aromatic heterocycles. The fraction of sp³-hybridized carbons (Fsp3) is 0.600. The van der Waals surface area contributed by atoms with Crippen LogP contribution < -0.4 is 10.9 Å². The summed E-state index contributed by atoms with van der Waals surface area (Å²) >= 11 is 0. The van der Waals surface area contributed by atoms with Crippen LogP contribution in [0.2, 0.25) is 0 Å². The molecule has 1 unspecified atom stereocenters. The zero-order chi connectivity index (χ0) is 11.3. The zero-order valence-electron chi connectivity index (χ0n) is 9.08. The van der Waals surface area contributed by atoms with Crippen LogP contribution in [0.25, 0.3) is 0 Å². The maximum atomic E-state index is 11.1. The largest absolute Gasteiger partial charge is 0.396 e. The van der Waals surface area contributed by atoms with Crippen molar-refractivity contribution in [2.45, 2.75) is 20.3 Å². The Hall–Kier alpha value is -1.36. The molecule has 0 bridgehead atoms. The summed E-state index contributed by atoms with van der Waals surface area (Å²) in [5.74, 6) is 1.54. The Morgan fingerprint density at radius 2 is 2.40 bits per heavy atom. The lowest BCUT2D eigenvalue weighted by Gasteiger charge is -2.11. The van der Waals surface area contributed by atoms with Crippen molar-refractivity contribution in [3.05, 3.63) is 22.2 Å². The van der Waals surface area contributed by atoms with Gasteiger partial charge in [0.05, 0.1) is 0 Å². The first kappa shape index (κ1) is 11.7. The molecule has 5 nitrogen and oxygen atoms in total. The Bertz CT molecular complexity index is 362. The van der Waals surface area contributed by atoms with E-state index in [1.165, 1.54) is 6.07 Å². The van der Waals surface area contributed by atoms with Crippen molar-refractivity contribution in [1.29, 1.82) is 0 Å². The molecule has 3 N–H and O–H groups in total. The summed E-state index contributed by atoms with van der Waals surface area (Å²) < 4.78 is 0. The Morgan fingerprint density at radius 3 is 3.00 bits per heavy atom. The molecule has 15 heavy (non-hydrogen) atoms. The quantitative estimate of drug-likeness (QED) is 0.663. The number of aliphatic hydroxyl groups is 1. The van der Waals surface area contributed by atoms with Crippen molar-refractivity contribution in [2.24, 2.45) is 5.92 Å². The van der Waals surface area contributed by atoms with Crippen molar-refractivity contribution in [3.63, 3.8) is 0 Å². The van der Waals surface area contributed by atoms with Gasteiger partial charge in [-0.3, -0.25) is 4.79 Å². The molecule has 1 aromatic rings. The first-order valence-corrected chi connectivity index (χ1v) is 5.04. The van der Waals surface area contributed by atoms with Gasteiger partial charge in [-0.25, -0.2) is 4.98 Å². The number of hydrogen-bond acceptors (Lipinski definition) is 4. The van der Waals surface area contributed by atoms with E-state index in [0.717, 1.165) is 6.42 Å². The molecule has 0 fully saturated rings. The van der Waals surface area contributed by atoms with E-state index in [2.05, 4.69) is 15.3 Å². The number of H-pyrrole nitrogens is 1. The van der Waals surface area contributed by atoms with Gasteiger partial charge < -0.3 is 15.4 Å². The number of nitrogens with zero attached hydrogens (tertiary/aromatic N) is 1. The minimum atomic E-state index is -0.153. The lowest BCUT2D eigenvalue weighted by Crippen LogP contribution is -2.16. The molecule has 0 aromatic carbocycles. The molecule has 0 saturated carbocycles. The molecular formula is C10H17N3O2. The minimum absolute atomic E-state index is 0.153. The van der Waals surface area contributed by atoms with Crippen molar-refractivity contribution in [2.75, 3.05) is 18.5 Å². The summed E-state index contributed by atoms with van der Waals surface area (Å²) in [6, 6.07) is 1.43. The van der Waals surface area contributed by atoms with Crippen LogP contribution in [0.5, 0.6) is 0 Å². The Labute approximate surface area is 88.6 Å². The molecule has 0 amide bonds. The van der Waals surface area contributed by atoms with E-state index < -0.39 is 0 Å². The van der Waals surface area contributed by atoms with Gasteiger partial charge >= 0.3 is 0 Å². The van der Waals surface area contributed by atoms with E-state index in [1.807, 2.05) is 6.92 Å². The molecular weight excluding hydrogens is 194 g/mol. The second-order valence-electron chi connectivity index (χ2n) is 3.71. The van der Waals surface area contributed by atoms with Gasteiger partial charge in [-0.05, 0) is 19.3 Å². The molecule has 0 aliphatic heterocycles. The number of anilines is 1. The number of aromatic amines is 1. The fourth-order valence-electron chi connectivity index (χ4n) is 1.27. The van der Waals surface area contributed by atoms with E-state index in [-0.39, 0.29) is 12.2 Å². The second-order valence-corrected chi connectivity index (χ2v) is 3.71. The monoisotopic (exact) mass is 211 g/mol. The van der Waals surface area contributed by atoms with Gasteiger partial charge in [0.15, 0.2) is 0 Å². The SMILES string of the molecule is Cc1nc(NCC(C)CCO)cc(=O)[nH]1. The zero-order valence-corrected chi connectivity index (χ0v) is 9.08. The highest BCUT2D eigenvalue weighted by Crippen LogP contribution is 2.03. The maximum Gasteiger partial charge on any atom is 0.252 e. The molecule has 0 spiro atoms. The van der Waals surface area contributed by atoms with Gasteiger partial charge in [0.2, 0.25) is 0 Å².